The van der Waals surface area contributed by atoms with E-state index in [0.717, 1.165) is 70.4 Å². The number of amides is 1. The monoisotopic (exact) mass is 491 g/mol. The lowest BCUT2D eigenvalue weighted by Gasteiger charge is -2.21. The molecule has 7 heteroatoms. The number of rotatable bonds is 8. The Morgan fingerprint density at radius 1 is 1.15 bits per heavy atom. The zero-order chi connectivity index (χ0) is 18.2. The average molecular weight is 491 g/mol. The van der Waals surface area contributed by atoms with Gasteiger partial charge in [-0.1, -0.05) is 6.42 Å². The van der Waals surface area contributed by atoms with Gasteiger partial charge in [0.2, 0.25) is 5.91 Å². The van der Waals surface area contributed by atoms with E-state index in [1.807, 2.05) is 4.90 Å². The largest absolute Gasteiger partial charge is 0.357 e. The van der Waals surface area contributed by atoms with E-state index in [1.54, 1.807) is 0 Å². The first kappa shape index (κ1) is 22.7. The molecule has 0 aromatic carbocycles. The number of hydrogen-bond donors (Lipinski definition) is 2. The standard InChI is InChI=1S/C20H37N5O.HI/c1-2-21-20(23-15-17-10-14-25(16-17)18-8-9-18)22-11-6-13-24-12-5-3-4-7-19(24)26;/h17-18H,2-16H2,1H3,(H2,21,22,23);1H. The maximum absolute atomic E-state index is 12.0. The Morgan fingerprint density at radius 2 is 2.00 bits per heavy atom. The van der Waals surface area contributed by atoms with Crippen molar-refractivity contribution < 1.29 is 4.79 Å². The highest BCUT2D eigenvalue weighted by molar-refractivity contribution is 14.0. The molecule has 1 aliphatic carbocycles. The maximum atomic E-state index is 12.0. The zero-order valence-corrected chi connectivity index (χ0v) is 19.2. The van der Waals surface area contributed by atoms with Gasteiger partial charge in [0.1, 0.15) is 0 Å². The highest BCUT2D eigenvalue weighted by atomic mass is 127. The van der Waals surface area contributed by atoms with Crippen molar-refractivity contribution in [1.82, 2.24) is 20.4 Å². The van der Waals surface area contributed by atoms with Crippen molar-refractivity contribution in [3.8, 4) is 0 Å². The van der Waals surface area contributed by atoms with Crippen molar-refractivity contribution in [2.75, 3.05) is 45.8 Å². The van der Waals surface area contributed by atoms with E-state index in [4.69, 9.17) is 4.99 Å². The molecule has 1 atom stereocenters. The second-order valence-corrected chi connectivity index (χ2v) is 8.07. The average Bonchev–Trinajstić information content (AvgIpc) is 3.42. The maximum Gasteiger partial charge on any atom is 0.222 e. The highest BCUT2D eigenvalue weighted by Crippen LogP contribution is 2.31. The SMILES string of the molecule is CCNC(=NCC1CCN(C2CC2)C1)NCCCN1CCCCCC1=O.I. The molecule has 3 fully saturated rings. The van der Waals surface area contributed by atoms with Gasteiger partial charge in [0.05, 0.1) is 0 Å². The molecule has 2 heterocycles. The first-order chi connectivity index (χ1) is 12.8. The van der Waals surface area contributed by atoms with E-state index < -0.39 is 0 Å². The van der Waals surface area contributed by atoms with E-state index >= 15 is 0 Å². The number of guanidine groups is 1. The molecule has 3 aliphatic rings. The number of nitrogens with one attached hydrogen (secondary N) is 2. The molecule has 27 heavy (non-hydrogen) atoms. The molecular formula is C20H38IN5O. The van der Waals surface area contributed by atoms with Gasteiger partial charge in [-0.3, -0.25) is 9.79 Å². The fourth-order valence-electron chi connectivity index (χ4n) is 4.10. The van der Waals surface area contributed by atoms with Crippen molar-refractivity contribution in [2.45, 2.75) is 64.3 Å². The second-order valence-electron chi connectivity index (χ2n) is 8.07. The van der Waals surface area contributed by atoms with E-state index in [9.17, 15) is 4.79 Å². The molecule has 6 nitrogen and oxygen atoms in total. The quantitative estimate of drug-likeness (QED) is 0.237. The van der Waals surface area contributed by atoms with Crippen molar-refractivity contribution in [3.05, 3.63) is 0 Å². The Balaban J connectivity index is 0.00000261. The lowest BCUT2D eigenvalue weighted by Crippen LogP contribution is -2.40. The molecule has 156 valence electrons. The number of carbonyl (C=O) groups excluding carboxylic acids is 1. The van der Waals surface area contributed by atoms with Crippen LogP contribution < -0.4 is 10.6 Å². The molecule has 1 saturated carbocycles. The third-order valence-corrected chi connectivity index (χ3v) is 5.80. The van der Waals surface area contributed by atoms with E-state index in [-0.39, 0.29) is 24.0 Å². The highest BCUT2D eigenvalue weighted by Gasteiger charge is 2.34. The summed E-state index contributed by atoms with van der Waals surface area (Å²) in [7, 11) is 0. The first-order valence-corrected chi connectivity index (χ1v) is 10.8. The fraction of sp³-hybridized carbons (Fsp3) is 0.900. The molecule has 1 amide bonds. The third kappa shape index (κ3) is 7.75. The summed E-state index contributed by atoms with van der Waals surface area (Å²) < 4.78 is 0. The van der Waals surface area contributed by atoms with Gasteiger partial charge in [0, 0.05) is 51.7 Å². The number of likely N-dealkylation sites (tertiary alicyclic amines) is 2. The molecule has 2 N–H and O–H groups in total. The molecule has 0 spiro atoms. The van der Waals surface area contributed by atoms with E-state index in [1.165, 1.54) is 38.8 Å². The molecule has 0 aromatic heterocycles. The predicted octanol–water partition coefficient (Wildman–Crippen LogP) is 2.44. The van der Waals surface area contributed by atoms with Crippen LogP contribution in [0.15, 0.2) is 4.99 Å². The van der Waals surface area contributed by atoms with Crippen LogP contribution in [0.4, 0.5) is 0 Å². The summed E-state index contributed by atoms with van der Waals surface area (Å²) in [4.78, 5) is 21.5. The molecule has 1 unspecified atom stereocenters. The fourth-order valence-corrected chi connectivity index (χ4v) is 4.10. The van der Waals surface area contributed by atoms with Crippen LogP contribution in [0, 0.1) is 5.92 Å². The van der Waals surface area contributed by atoms with Crippen LogP contribution in [-0.4, -0.2) is 73.5 Å². The Hall–Kier alpha value is -0.570. The second kappa shape index (κ2) is 12.1. The Kier molecular flexibility index (Phi) is 10.2. The summed E-state index contributed by atoms with van der Waals surface area (Å²) in [6, 6.07) is 0.886. The number of nitrogens with zero attached hydrogens (tertiary/aromatic N) is 3. The van der Waals surface area contributed by atoms with Gasteiger partial charge in [0.15, 0.2) is 5.96 Å². The molecule has 2 saturated heterocycles. The van der Waals surface area contributed by atoms with Crippen molar-refractivity contribution in [1.29, 1.82) is 0 Å². The molecule has 3 rings (SSSR count). The Bertz CT molecular complexity index is 483. The molecule has 0 aromatic rings. The summed E-state index contributed by atoms with van der Waals surface area (Å²) in [5.41, 5.74) is 0. The topological polar surface area (TPSA) is 60.0 Å². The predicted molar refractivity (Wildman–Crippen MR) is 122 cm³/mol. The summed E-state index contributed by atoms with van der Waals surface area (Å²) in [6.45, 7) is 9.07. The van der Waals surface area contributed by atoms with Gasteiger partial charge in [-0.05, 0) is 57.9 Å². The lowest BCUT2D eigenvalue weighted by molar-refractivity contribution is -0.130. The smallest absolute Gasteiger partial charge is 0.222 e. The lowest BCUT2D eigenvalue weighted by atomic mass is 10.1. The van der Waals surface area contributed by atoms with Crippen LogP contribution in [0.1, 0.15) is 58.3 Å². The first-order valence-electron chi connectivity index (χ1n) is 10.8. The van der Waals surface area contributed by atoms with Crippen molar-refractivity contribution >= 4 is 35.8 Å². The molecule has 2 aliphatic heterocycles. The van der Waals surface area contributed by atoms with Gasteiger partial charge in [-0.2, -0.15) is 0 Å². The molecule has 0 radical (unpaired) electrons. The zero-order valence-electron chi connectivity index (χ0n) is 16.9. The summed E-state index contributed by atoms with van der Waals surface area (Å²) in [5, 5.41) is 6.80. The summed E-state index contributed by atoms with van der Waals surface area (Å²) >= 11 is 0. The number of halogens is 1. The normalized spacial score (nSPS) is 24.5. The minimum Gasteiger partial charge on any atom is -0.357 e. The summed E-state index contributed by atoms with van der Waals surface area (Å²) in [6.07, 6.45) is 9.21. The van der Waals surface area contributed by atoms with Crippen LogP contribution >= 0.6 is 24.0 Å². The molecular weight excluding hydrogens is 453 g/mol. The van der Waals surface area contributed by atoms with Crippen LogP contribution in [0.25, 0.3) is 0 Å². The van der Waals surface area contributed by atoms with Crippen LogP contribution in [0.2, 0.25) is 0 Å². The van der Waals surface area contributed by atoms with Gasteiger partial charge in [-0.25, -0.2) is 0 Å². The van der Waals surface area contributed by atoms with Crippen LogP contribution in [-0.2, 0) is 4.79 Å². The van der Waals surface area contributed by atoms with Gasteiger partial charge < -0.3 is 20.4 Å². The number of carbonyl (C=O) groups is 1. The Labute approximate surface area is 181 Å². The van der Waals surface area contributed by atoms with Crippen molar-refractivity contribution in [2.24, 2.45) is 10.9 Å². The van der Waals surface area contributed by atoms with Crippen LogP contribution in [0.3, 0.4) is 0 Å². The van der Waals surface area contributed by atoms with Gasteiger partial charge >= 0.3 is 0 Å². The Morgan fingerprint density at radius 3 is 2.78 bits per heavy atom. The van der Waals surface area contributed by atoms with E-state index in [0.29, 0.717) is 11.8 Å². The minimum absolute atomic E-state index is 0. The number of hydrogen-bond acceptors (Lipinski definition) is 3. The van der Waals surface area contributed by atoms with E-state index in [2.05, 4.69) is 22.5 Å². The third-order valence-electron chi connectivity index (χ3n) is 5.80. The van der Waals surface area contributed by atoms with Gasteiger partial charge in [-0.15, -0.1) is 24.0 Å². The van der Waals surface area contributed by atoms with Crippen molar-refractivity contribution in [3.63, 3.8) is 0 Å². The van der Waals surface area contributed by atoms with Gasteiger partial charge in [0.25, 0.3) is 0 Å². The minimum atomic E-state index is 0. The summed E-state index contributed by atoms with van der Waals surface area (Å²) in [5.74, 6) is 1.98. The molecule has 0 bridgehead atoms. The van der Waals surface area contributed by atoms with Crippen LogP contribution in [0.5, 0.6) is 0 Å². The number of aliphatic imine (C=N–C) groups is 1.